The SMILES string of the molecule is CCNC(=NCc1ncc(C)s1)NCCc1ccc(C)cc1C. The summed E-state index contributed by atoms with van der Waals surface area (Å²) in [5.41, 5.74) is 4.05. The van der Waals surface area contributed by atoms with Crippen molar-refractivity contribution in [3.63, 3.8) is 0 Å². The van der Waals surface area contributed by atoms with E-state index >= 15 is 0 Å². The molecule has 0 spiro atoms. The Bertz CT molecular complexity index is 661. The molecule has 1 heterocycles. The highest BCUT2D eigenvalue weighted by atomic mass is 32.1. The standard InChI is InChI=1S/C18H26N4S/c1-5-19-18(22-12-17-21-11-15(4)23-17)20-9-8-16-7-6-13(2)10-14(16)3/h6-7,10-11H,5,8-9,12H2,1-4H3,(H2,19,20,22). The Hall–Kier alpha value is -1.88. The molecular formula is C18H26N4S. The number of aryl methyl sites for hydroxylation is 3. The average molecular weight is 331 g/mol. The van der Waals surface area contributed by atoms with Crippen LogP contribution in [0.4, 0.5) is 0 Å². The van der Waals surface area contributed by atoms with Gasteiger partial charge in [-0.3, -0.25) is 0 Å². The number of hydrogen-bond acceptors (Lipinski definition) is 3. The van der Waals surface area contributed by atoms with Crippen LogP contribution in [0, 0.1) is 20.8 Å². The first-order valence-electron chi connectivity index (χ1n) is 8.08. The first-order valence-corrected chi connectivity index (χ1v) is 8.89. The number of aliphatic imine (C=N–C) groups is 1. The number of rotatable bonds is 6. The zero-order chi connectivity index (χ0) is 16.7. The van der Waals surface area contributed by atoms with Crippen LogP contribution in [0.25, 0.3) is 0 Å². The molecule has 2 aromatic rings. The van der Waals surface area contributed by atoms with Gasteiger partial charge in [0.1, 0.15) is 5.01 Å². The molecule has 0 unspecified atom stereocenters. The molecule has 0 radical (unpaired) electrons. The molecule has 0 atom stereocenters. The van der Waals surface area contributed by atoms with Crippen LogP contribution in [0.3, 0.4) is 0 Å². The molecule has 1 aromatic heterocycles. The summed E-state index contributed by atoms with van der Waals surface area (Å²) in [4.78, 5) is 10.2. The van der Waals surface area contributed by atoms with Gasteiger partial charge >= 0.3 is 0 Å². The van der Waals surface area contributed by atoms with Crippen LogP contribution in [0.5, 0.6) is 0 Å². The summed E-state index contributed by atoms with van der Waals surface area (Å²) < 4.78 is 0. The molecule has 0 aliphatic heterocycles. The third-order valence-electron chi connectivity index (χ3n) is 3.57. The molecule has 0 aliphatic carbocycles. The van der Waals surface area contributed by atoms with Gasteiger partial charge in [-0.25, -0.2) is 9.98 Å². The molecule has 5 heteroatoms. The second-order valence-electron chi connectivity index (χ2n) is 5.67. The second kappa shape index (κ2) is 8.67. The lowest BCUT2D eigenvalue weighted by atomic mass is 10.0. The highest BCUT2D eigenvalue weighted by Gasteiger charge is 2.02. The summed E-state index contributed by atoms with van der Waals surface area (Å²) in [7, 11) is 0. The zero-order valence-electron chi connectivity index (χ0n) is 14.4. The Labute approximate surface area is 143 Å². The predicted octanol–water partition coefficient (Wildman–Crippen LogP) is 3.37. The maximum Gasteiger partial charge on any atom is 0.191 e. The van der Waals surface area contributed by atoms with Gasteiger partial charge < -0.3 is 10.6 Å². The lowest BCUT2D eigenvalue weighted by Crippen LogP contribution is -2.38. The summed E-state index contributed by atoms with van der Waals surface area (Å²) >= 11 is 1.70. The van der Waals surface area contributed by atoms with Gasteiger partial charge in [0, 0.05) is 24.2 Å². The second-order valence-corrected chi connectivity index (χ2v) is 6.99. The quantitative estimate of drug-likeness (QED) is 0.631. The van der Waals surface area contributed by atoms with E-state index in [1.54, 1.807) is 11.3 Å². The first kappa shape index (κ1) is 17.5. The fourth-order valence-electron chi connectivity index (χ4n) is 2.40. The molecule has 2 N–H and O–H groups in total. The Morgan fingerprint density at radius 2 is 2.04 bits per heavy atom. The van der Waals surface area contributed by atoms with E-state index in [2.05, 4.69) is 66.5 Å². The van der Waals surface area contributed by atoms with E-state index < -0.39 is 0 Å². The van der Waals surface area contributed by atoms with Crippen LogP contribution in [-0.2, 0) is 13.0 Å². The van der Waals surface area contributed by atoms with E-state index in [9.17, 15) is 0 Å². The van der Waals surface area contributed by atoms with Crippen molar-refractivity contribution >= 4 is 17.3 Å². The molecule has 1 aromatic carbocycles. The van der Waals surface area contributed by atoms with Crippen molar-refractivity contribution in [2.75, 3.05) is 13.1 Å². The number of guanidine groups is 1. The lowest BCUT2D eigenvalue weighted by molar-refractivity contribution is 0.796. The molecule has 0 bridgehead atoms. The zero-order valence-corrected chi connectivity index (χ0v) is 15.3. The van der Waals surface area contributed by atoms with E-state index in [4.69, 9.17) is 0 Å². The summed E-state index contributed by atoms with van der Waals surface area (Å²) in [6.45, 7) is 10.8. The number of benzene rings is 1. The van der Waals surface area contributed by atoms with E-state index in [1.807, 2.05) is 6.20 Å². The van der Waals surface area contributed by atoms with Gasteiger partial charge in [0.25, 0.3) is 0 Å². The number of thiazole rings is 1. The van der Waals surface area contributed by atoms with Crippen molar-refractivity contribution in [3.05, 3.63) is 51.0 Å². The summed E-state index contributed by atoms with van der Waals surface area (Å²) in [6, 6.07) is 6.63. The lowest BCUT2D eigenvalue weighted by Gasteiger charge is -2.12. The highest BCUT2D eigenvalue weighted by molar-refractivity contribution is 7.11. The van der Waals surface area contributed by atoms with Gasteiger partial charge in [0.15, 0.2) is 5.96 Å². The molecule has 0 fully saturated rings. The maximum absolute atomic E-state index is 4.61. The van der Waals surface area contributed by atoms with Crippen LogP contribution in [-0.4, -0.2) is 24.0 Å². The van der Waals surface area contributed by atoms with Crippen molar-refractivity contribution in [3.8, 4) is 0 Å². The van der Waals surface area contributed by atoms with E-state index in [0.29, 0.717) is 6.54 Å². The maximum atomic E-state index is 4.61. The van der Waals surface area contributed by atoms with E-state index in [-0.39, 0.29) is 0 Å². The minimum atomic E-state index is 0.622. The molecule has 0 amide bonds. The molecular weight excluding hydrogens is 304 g/mol. The van der Waals surface area contributed by atoms with Crippen molar-refractivity contribution in [2.24, 2.45) is 4.99 Å². The Morgan fingerprint density at radius 1 is 1.22 bits per heavy atom. The topological polar surface area (TPSA) is 49.3 Å². The highest BCUT2D eigenvalue weighted by Crippen LogP contribution is 2.12. The van der Waals surface area contributed by atoms with E-state index in [0.717, 1.165) is 30.5 Å². The molecule has 0 saturated heterocycles. The molecule has 2 rings (SSSR count). The van der Waals surface area contributed by atoms with Crippen molar-refractivity contribution in [2.45, 2.75) is 40.7 Å². The van der Waals surface area contributed by atoms with Crippen LogP contribution in [0.1, 0.15) is 33.5 Å². The predicted molar refractivity (Wildman–Crippen MR) is 99.3 cm³/mol. The molecule has 124 valence electrons. The fraction of sp³-hybridized carbons (Fsp3) is 0.444. The average Bonchev–Trinajstić information content (AvgIpc) is 2.92. The Balaban J connectivity index is 1.88. The number of aromatic nitrogens is 1. The van der Waals surface area contributed by atoms with Crippen molar-refractivity contribution in [1.29, 1.82) is 0 Å². The monoisotopic (exact) mass is 330 g/mol. The first-order chi connectivity index (χ1) is 11.1. The molecule has 0 aliphatic rings. The fourth-order valence-corrected chi connectivity index (χ4v) is 3.12. The third-order valence-corrected chi connectivity index (χ3v) is 4.47. The summed E-state index contributed by atoms with van der Waals surface area (Å²) in [5.74, 6) is 0.852. The van der Waals surface area contributed by atoms with Gasteiger partial charge in [-0.1, -0.05) is 23.8 Å². The van der Waals surface area contributed by atoms with Gasteiger partial charge in [-0.05, 0) is 45.2 Å². The minimum absolute atomic E-state index is 0.622. The van der Waals surface area contributed by atoms with Crippen LogP contribution in [0.15, 0.2) is 29.4 Å². The summed E-state index contributed by atoms with van der Waals surface area (Å²) in [6.07, 6.45) is 2.89. The van der Waals surface area contributed by atoms with Crippen molar-refractivity contribution in [1.82, 2.24) is 15.6 Å². The molecule has 4 nitrogen and oxygen atoms in total. The smallest absolute Gasteiger partial charge is 0.191 e. The largest absolute Gasteiger partial charge is 0.357 e. The van der Waals surface area contributed by atoms with Crippen LogP contribution >= 0.6 is 11.3 Å². The Morgan fingerprint density at radius 3 is 2.70 bits per heavy atom. The number of nitrogens with zero attached hydrogens (tertiary/aromatic N) is 2. The minimum Gasteiger partial charge on any atom is -0.357 e. The van der Waals surface area contributed by atoms with Gasteiger partial charge in [-0.15, -0.1) is 11.3 Å². The van der Waals surface area contributed by atoms with Crippen molar-refractivity contribution < 1.29 is 0 Å². The normalized spacial score (nSPS) is 11.6. The van der Waals surface area contributed by atoms with E-state index in [1.165, 1.54) is 21.6 Å². The molecule has 0 saturated carbocycles. The number of hydrogen-bond donors (Lipinski definition) is 2. The summed E-state index contributed by atoms with van der Waals surface area (Å²) in [5, 5.41) is 7.74. The van der Waals surface area contributed by atoms with Gasteiger partial charge in [0.05, 0.1) is 6.54 Å². The number of nitrogens with one attached hydrogen (secondary N) is 2. The van der Waals surface area contributed by atoms with Crippen LogP contribution < -0.4 is 10.6 Å². The van der Waals surface area contributed by atoms with Gasteiger partial charge in [-0.2, -0.15) is 0 Å². The Kier molecular flexibility index (Phi) is 6.59. The van der Waals surface area contributed by atoms with Crippen LogP contribution in [0.2, 0.25) is 0 Å². The van der Waals surface area contributed by atoms with Gasteiger partial charge in [0.2, 0.25) is 0 Å². The molecule has 23 heavy (non-hydrogen) atoms. The third kappa shape index (κ3) is 5.67.